The van der Waals surface area contributed by atoms with Gasteiger partial charge in [-0.05, 0) is 44.7 Å². The van der Waals surface area contributed by atoms with Crippen LogP contribution in [-0.4, -0.2) is 42.8 Å². The van der Waals surface area contributed by atoms with Crippen LogP contribution in [0.1, 0.15) is 38.3 Å². The summed E-state index contributed by atoms with van der Waals surface area (Å²) in [6, 6.07) is 4.34. The van der Waals surface area contributed by atoms with E-state index in [4.69, 9.17) is 9.47 Å². The number of carbonyl (C=O) groups excluding carboxylic acids is 3. The molecule has 26 heavy (non-hydrogen) atoms. The topological polar surface area (TPSA) is 84.9 Å². The summed E-state index contributed by atoms with van der Waals surface area (Å²) in [5.74, 6) is -0.770. The molecule has 0 saturated heterocycles. The van der Waals surface area contributed by atoms with E-state index in [1.54, 1.807) is 20.8 Å². The molecule has 1 aromatic rings. The first-order valence-corrected chi connectivity index (χ1v) is 8.72. The number of carbonyl (C=O) groups is 3. The number of nitrogens with zero attached hydrogens (tertiary/aromatic N) is 1. The number of amides is 2. The summed E-state index contributed by atoms with van der Waals surface area (Å²) < 4.78 is 10.2. The first-order valence-electron chi connectivity index (χ1n) is 8.72. The van der Waals surface area contributed by atoms with E-state index < -0.39 is 29.7 Å². The van der Waals surface area contributed by atoms with Gasteiger partial charge in [0.15, 0.2) is 0 Å². The Morgan fingerprint density at radius 3 is 2.58 bits per heavy atom. The number of para-hydroxylation sites is 1. The van der Waals surface area contributed by atoms with Crippen LogP contribution in [0.4, 0.5) is 10.5 Å². The van der Waals surface area contributed by atoms with Crippen molar-refractivity contribution in [3.63, 3.8) is 0 Å². The summed E-state index contributed by atoms with van der Waals surface area (Å²) in [6.45, 7) is 5.28. The maximum atomic E-state index is 13.2. The van der Waals surface area contributed by atoms with Crippen molar-refractivity contribution in [2.75, 3.05) is 12.0 Å². The minimum Gasteiger partial charge on any atom is -0.467 e. The van der Waals surface area contributed by atoms with Crippen molar-refractivity contribution in [3.05, 3.63) is 29.3 Å². The van der Waals surface area contributed by atoms with E-state index in [0.717, 1.165) is 16.8 Å². The summed E-state index contributed by atoms with van der Waals surface area (Å²) >= 11 is 0. The molecule has 3 rings (SSSR count). The van der Waals surface area contributed by atoms with E-state index in [2.05, 4.69) is 5.32 Å². The van der Waals surface area contributed by atoms with Gasteiger partial charge in [0, 0.05) is 6.42 Å². The quantitative estimate of drug-likeness (QED) is 0.815. The number of hydrogen-bond acceptors (Lipinski definition) is 5. The third kappa shape index (κ3) is 3.38. The van der Waals surface area contributed by atoms with Crippen LogP contribution >= 0.6 is 0 Å². The Labute approximate surface area is 152 Å². The third-order valence-electron chi connectivity index (χ3n) is 4.57. The van der Waals surface area contributed by atoms with Gasteiger partial charge < -0.3 is 14.8 Å². The molecule has 2 atom stereocenters. The summed E-state index contributed by atoms with van der Waals surface area (Å²) in [6.07, 6.45) is 0.843. The molecule has 2 aliphatic rings. The van der Waals surface area contributed by atoms with Crippen molar-refractivity contribution >= 4 is 23.7 Å². The summed E-state index contributed by atoms with van der Waals surface area (Å²) in [5, 5.41) is 2.66. The fourth-order valence-corrected chi connectivity index (χ4v) is 3.54. The highest BCUT2D eigenvalue weighted by Crippen LogP contribution is 2.39. The molecule has 2 heterocycles. The van der Waals surface area contributed by atoms with Gasteiger partial charge in [0.05, 0.1) is 12.8 Å². The van der Waals surface area contributed by atoms with Crippen molar-refractivity contribution < 1.29 is 23.9 Å². The van der Waals surface area contributed by atoms with E-state index >= 15 is 0 Å². The molecular weight excluding hydrogens is 336 g/mol. The third-order valence-corrected chi connectivity index (χ3v) is 4.57. The second-order valence-electron chi connectivity index (χ2n) is 7.61. The number of alkyl carbamates (subject to hydrolysis) is 1. The van der Waals surface area contributed by atoms with E-state index in [1.165, 1.54) is 12.0 Å². The number of methoxy groups -OCH3 is 1. The van der Waals surface area contributed by atoms with Gasteiger partial charge in [0.2, 0.25) is 0 Å². The van der Waals surface area contributed by atoms with Gasteiger partial charge in [0.25, 0.3) is 5.91 Å². The van der Waals surface area contributed by atoms with Gasteiger partial charge in [-0.2, -0.15) is 0 Å². The Bertz CT molecular complexity index is 753. The highest BCUT2D eigenvalue weighted by atomic mass is 16.6. The maximum Gasteiger partial charge on any atom is 0.408 e. The molecule has 2 aliphatic heterocycles. The van der Waals surface area contributed by atoms with E-state index in [1.807, 2.05) is 18.2 Å². The fraction of sp³-hybridized carbons (Fsp3) is 0.526. The molecule has 140 valence electrons. The van der Waals surface area contributed by atoms with Gasteiger partial charge in [-0.3, -0.25) is 9.69 Å². The van der Waals surface area contributed by atoms with Crippen molar-refractivity contribution in [3.8, 4) is 0 Å². The minimum absolute atomic E-state index is 0.310. The first-order chi connectivity index (χ1) is 12.2. The summed E-state index contributed by atoms with van der Waals surface area (Å²) in [4.78, 5) is 39.0. The number of hydrogen-bond donors (Lipinski definition) is 1. The van der Waals surface area contributed by atoms with Gasteiger partial charge >= 0.3 is 12.1 Å². The molecule has 0 spiro atoms. The zero-order valence-electron chi connectivity index (χ0n) is 15.5. The van der Waals surface area contributed by atoms with Crippen LogP contribution in [0.5, 0.6) is 0 Å². The number of aryl methyl sites for hydroxylation is 1. The zero-order chi connectivity index (χ0) is 19.1. The summed E-state index contributed by atoms with van der Waals surface area (Å²) in [5.41, 5.74) is 2.07. The standard InChI is InChI=1S/C19H24N2O5/c1-19(2,3)26-18(24)20-13-9-8-11-6-5-7-12-10-14(17(23)25-4)21(15(11)12)16(13)22/h5-7,13-14H,8-10H2,1-4H3,(H,20,24)/t13-,14-/m0/s1. The average molecular weight is 360 g/mol. The molecule has 7 heteroatoms. The fourth-order valence-electron chi connectivity index (χ4n) is 3.54. The number of rotatable bonds is 2. The monoisotopic (exact) mass is 360 g/mol. The number of esters is 1. The molecule has 0 aromatic heterocycles. The highest BCUT2D eigenvalue weighted by Gasteiger charge is 2.44. The predicted molar refractivity (Wildman–Crippen MR) is 94.9 cm³/mol. The lowest BCUT2D eigenvalue weighted by molar-refractivity contribution is -0.143. The second kappa shape index (κ2) is 6.63. The molecule has 0 saturated carbocycles. The zero-order valence-corrected chi connectivity index (χ0v) is 15.5. The number of benzene rings is 1. The predicted octanol–water partition coefficient (Wildman–Crippen LogP) is 1.96. The molecule has 0 fully saturated rings. The van der Waals surface area contributed by atoms with Crippen LogP contribution in [0.2, 0.25) is 0 Å². The van der Waals surface area contributed by atoms with Crippen LogP contribution in [0, 0.1) is 0 Å². The average Bonchev–Trinajstić information content (AvgIpc) is 2.89. The van der Waals surface area contributed by atoms with Gasteiger partial charge in [-0.25, -0.2) is 9.59 Å². The number of nitrogens with one attached hydrogen (secondary N) is 1. The lowest BCUT2D eigenvalue weighted by Gasteiger charge is -2.27. The molecule has 0 bridgehead atoms. The van der Waals surface area contributed by atoms with Gasteiger partial charge in [-0.1, -0.05) is 18.2 Å². The Kier molecular flexibility index (Phi) is 4.64. The van der Waals surface area contributed by atoms with Crippen molar-refractivity contribution in [2.45, 2.75) is 57.7 Å². The van der Waals surface area contributed by atoms with Crippen molar-refractivity contribution in [1.29, 1.82) is 0 Å². The van der Waals surface area contributed by atoms with Crippen molar-refractivity contribution in [1.82, 2.24) is 5.32 Å². The Balaban J connectivity index is 1.90. The van der Waals surface area contributed by atoms with Crippen LogP contribution in [0.15, 0.2) is 18.2 Å². The van der Waals surface area contributed by atoms with Crippen LogP contribution in [0.3, 0.4) is 0 Å². The van der Waals surface area contributed by atoms with E-state index in [9.17, 15) is 14.4 Å². The molecular formula is C19H24N2O5. The normalized spacial score (nSPS) is 21.7. The molecule has 1 N–H and O–H groups in total. The van der Waals surface area contributed by atoms with Crippen LogP contribution in [0.25, 0.3) is 0 Å². The van der Waals surface area contributed by atoms with E-state index in [-0.39, 0.29) is 5.91 Å². The second-order valence-corrected chi connectivity index (χ2v) is 7.61. The van der Waals surface area contributed by atoms with Gasteiger partial charge in [-0.15, -0.1) is 0 Å². The maximum absolute atomic E-state index is 13.2. The molecule has 1 aromatic carbocycles. The molecule has 7 nitrogen and oxygen atoms in total. The lowest BCUT2D eigenvalue weighted by atomic mass is 10.0. The molecule has 0 unspecified atom stereocenters. The molecule has 0 radical (unpaired) electrons. The largest absolute Gasteiger partial charge is 0.467 e. The highest BCUT2D eigenvalue weighted by molar-refractivity contribution is 6.06. The summed E-state index contributed by atoms with van der Waals surface area (Å²) in [7, 11) is 1.31. The lowest BCUT2D eigenvalue weighted by Crippen LogP contribution is -2.53. The van der Waals surface area contributed by atoms with Crippen LogP contribution in [-0.2, 0) is 31.9 Å². The SMILES string of the molecule is COC(=O)[C@@H]1Cc2cccc3c2N1C(=O)[C@@H](NC(=O)OC(C)(C)C)CC3. The molecule has 0 aliphatic carbocycles. The Hall–Kier alpha value is -2.57. The first kappa shape index (κ1) is 18.2. The van der Waals surface area contributed by atoms with Crippen LogP contribution < -0.4 is 10.2 Å². The number of ether oxygens (including phenoxy) is 2. The van der Waals surface area contributed by atoms with Crippen molar-refractivity contribution in [2.24, 2.45) is 0 Å². The molecule has 2 amide bonds. The minimum atomic E-state index is -0.754. The van der Waals surface area contributed by atoms with Gasteiger partial charge in [0.1, 0.15) is 17.7 Å². The smallest absolute Gasteiger partial charge is 0.408 e. The van der Waals surface area contributed by atoms with E-state index in [0.29, 0.717) is 19.3 Å². The Morgan fingerprint density at radius 2 is 1.92 bits per heavy atom. The Morgan fingerprint density at radius 1 is 1.23 bits per heavy atom. The number of anilines is 1.